The quantitative estimate of drug-likeness (QED) is 0.811. The van der Waals surface area contributed by atoms with Crippen LogP contribution in [-0.2, 0) is 11.3 Å². The number of nitrogens with zero attached hydrogens (tertiary/aromatic N) is 1. The van der Waals surface area contributed by atoms with E-state index in [1.54, 1.807) is 6.07 Å². The van der Waals surface area contributed by atoms with Crippen LogP contribution in [0.5, 0.6) is 5.75 Å². The smallest absolute Gasteiger partial charge is 0.337 e. The normalized spacial score (nSPS) is 22.4. The predicted octanol–water partition coefficient (Wildman–Crippen LogP) is 3.43. The van der Waals surface area contributed by atoms with Crippen molar-refractivity contribution in [3.63, 3.8) is 0 Å². The Balaban J connectivity index is 1.66. The average Bonchev–Trinajstić information content (AvgIpc) is 3.05. The van der Waals surface area contributed by atoms with Crippen molar-refractivity contribution in [1.29, 1.82) is 0 Å². The molecule has 2 aromatic carbocycles. The zero-order valence-corrected chi connectivity index (χ0v) is 13.8. The first-order valence-corrected chi connectivity index (χ1v) is 8.39. The maximum absolute atomic E-state index is 11.9. The standard InChI is InChI=1S/C20H21NO3/c1-23-20(22)15-7-8-18-17(11-15)19-16(13-24-18)9-10-21(19)12-14-5-3-2-4-6-14/h2-8,11,16,19H,9-10,12-13H2,1H3/t16-,19-/m0/s1. The summed E-state index contributed by atoms with van der Waals surface area (Å²) in [5.41, 5.74) is 3.02. The summed E-state index contributed by atoms with van der Waals surface area (Å²) in [7, 11) is 1.42. The Morgan fingerprint density at radius 2 is 2.08 bits per heavy atom. The first kappa shape index (κ1) is 15.2. The second kappa shape index (κ2) is 6.29. The van der Waals surface area contributed by atoms with Gasteiger partial charge in [0.25, 0.3) is 0 Å². The highest BCUT2D eigenvalue weighted by molar-refractivity contribution is 5.89. The van der Waals surface area contributed by atoms with E-state index < -0.39 is 0 Å². The molecule has 2 aromatic rings. The number of hydrogen-bond acceptors (Lipinski definition) is 4. The van der Waals surface area contributed by atoms with E-state index in [0.717, 1.165) is 37.4 Å². The summed E-state index contributed by atoms with van der Waals surface area (Å²) in [5.74, 6) is 1.07. The van der Waals surface area contributed by atoms with Gasteiger partial charge in [-0.2, -0.15) is 0 Å². The van der Waals surface area contributed by atoms with Crippen LogP contribution in [0.15, 0.2) is 48.5 Å². The Morgan fingerprint density at radius 1 is 1.25 bits per heavy atom. The van der Waals surface area contributed by atoms with Crippen molar-refractivity contribution >= 4 is 5.97 Å². The number of esters is 1. The largest absolute Gasteiger partial charge is 0.493 e. The number of carbonyl (C=O) groups excluding carboxylic acids is 1. The van der Waals surface area contributed by atoms with Crippen LogP contribution < -0.4 is 4.74 Å². The van der Waals surface area contributed by atoms with Crippen LogP contribution >= 0.6 is 0 Å². The van der Waals surface area contributed by atoms with Crippen LogP contribution in [0.3, 0.4) is 0 Å². The minimum absolute atomic E-state index is 0.299. The summed E-state index contributed by atoms with van der Waals surface area (Å²) < 4.78 is 10.8. The molecule has 0 bridgehead atoms. The maximum atomic E-state index is 11.9. The van der Waals surface area contributed by atoms with Crippen molar-refractivity contribution in [2.24, 2.45) is 5.92 Å². The number of carbonyl (C=O) groups is 1. The highest BCUT2D eigenvalue weighted by Crippen LogP contribution is 2.45. The van der Waals surface area contributed by atoms with Gasteiger partial charge in [0, 0.05) is 24.1 Å². The molecule has 0 unspecified atom stereocenters. The molecular weight excluding hydrogens is 302 g/mol. The molecule has 2 aliphatic rings. The summed E-state index contributed by atoms with van der Waals surface area (Å²) in [5, 5.41) is 0. The minimum atomic E-state index is -0.299. The maximum Gasteiger partial charge on any atom is 0.337 e. The lowest BCUT2D eigenvalue weighted by Crippen LogP contribution is -2.31. The van der Waals surface area contributed by atoms with Crippen molar-refractivity contribution < 1.29 is 14.3 Å². The molecule has 4 nitrogen and oxygen atoms in total. The highest BCUT2D eigenvalue weighted by atomic mass is 16.5. The molecular formula is C20H21NO3. The fourth-order valence-corrected chi connectivity index (χ4v) is 3.90. The van der Waals surface area contributed by atoms with Gasteiger partial charge in [-0.3, -0.25) is 4.90 Å². The predicted molar refractivity (Wildman–Crippen MR) is 91.0 cm³/mol. The Morgan fingerprint density at radius 3 is 2.88 bits per heavy atom. The second-order valence-corrected chi connectivity index (χ2v) is 6.50. The zero-order chi connectivity index (χ0) is 16.5. The van der Waals surface area contributed by atoms with E-state index in [1.165, 1.54) is 12.7 Å². The van der Waals surface area contributed by atoms with Gasteiger partial charge >= 0.3 is 5.97 Å². The van der Waals surface area contributed by atoms with Gasteiger partial charge in [-0.1, -0.05) is 30.3 Å². The zero-order valence-electron chi connectivity index (χ0n) is 13.8. The van der Waals surface area contributed by atoms with E-state index in [-0.39, 0.29) is 5.97 Å². The van der Waals surface area contributed by atoms with E-state index >= 15 is 0 Å². The van der Waals surface area contributed by atoms with Gasteiger partial charge < -0.3 is 9.47 Å². The minimum Gasteiger partial charge on any atom is -0.493 e. The molecule has 1 fully saturated rings. The number of hydrogen-bond donors (Lipinski definition) is 0. The van der Waals surface area contributed by atoms with Gasteiger partial charge in [-0.05, 0) is 36.7 Å². The molecule has 0 spiro atoms. The topological polar surface area (TPSA) is 38.8 Å². The Kier molecular flexibility index (Phi) is 3.98. The summed E-state index contributed by atoms with van der Waals surface area (Å²) in [6, 6.07) is 16.5. The lowest BCUT2D eigenvalue weighted by atomic mass is 9.90. The molecule has 4 heteroatoms. The van der Waals surface area contributed by atoms with Crippen LogP contribution in [0.1, 0.15) is 33.9 Å². The third kappa shape index (κ3) is 2.67. The molecule has 2 atom stereocenters. The fourth-order valence-electron chi connectivity index (χ4n) is 3.90. The third-order valence-corrected chi connectivity index (χ3v) is 5.06. The molecule has 0 aromatic heterocycles. The van der Waals surface area contributed by atoms with Gasteiger partial charge in [-0.15, -0.1) is 0 Å². The lowest BCUT2D eigenvalue weighted by molar-refractivity contribution is 0.0600. The first-order chi connectivity index (χ1) is 11.8. The van der Waals surface area contributed by atoms with Crippen LogP contribution in [-0.4, -0.2) is 31.1 Å². The van der Waals surface area contributed by atoms with Gasteiger partial charge in [0.1, 0.15) is 5.75 Å². The fraction of sp³-hybridized carbons (Fsp3) is 0.350. The van der Waals surface area contributed by atoms with Crippen LogP contribution in [0.4, 0.5) is 0 Å². The Bertz CT molecular complexity index is 744. The van der Waals surface area contributed by atoms with E-state index in [4.69, 9.17) is 9.47 Å². The average molecular weight is 323 g/mol. The van der Waals surface area contributed by atoms with Crippen LogP contribution in [0.2, 0.25) is 0 Å². The molecule has 0 N–H and O–H groups in total. The Labute approximate surface area is 142 Å². The van der Waals surface area contributed by atoms with E-state index in [1.807, 2.05) is 18.2 Å². The first-order valence-electron chi connectivity index (χ1n) is 8.39. The third-order valence-electron chi connectivity index (χ3n) is 5.06. The number of benzene rings is 2. The second-order valence-electron chi connectivity index (χ2n) is 6.50. The van der Waals surface area contributed by atoms with E-state index in [0.29, 0.717) is 17.5 Å². The number of likely N-dealkylation sites (tertiary alicyclic amines) is 1. The van der Waals surface area contributed by atoms with Crippen molar-refractivity contribution in [1.82, 2.24) is 4.90 Å². The number of methoxy groups -OCH3 is 1. The van der Waals surface area contributed by atoms with Crippen molar-refractivity contribution in [3.8, 4) is 5.75 Å². The monoisotopic (exact) mass is 323 g/mol. The molecule has 0 aliphatic carbocycles. The highest BCUT2D eigenvalue weighted by Gasteiger charge is 2.40. The van der Waals surface area contributed by atoms with Crippen molar-refractivity contribution in [2.75, 3.05) is 20.3 Å². The molecule has 1 saturated heterocycles. The van der Waals surface area contributed by atoms with Crippen molar-refractivity contribution in [3.05, 3.63) is 65.2 Å². The number of fused-ring (bicyclic) bond motifs is 3. The number of rotatable bonds is 3. The molecule has 2 aliphatic heterocycles. The van der Waals surface area contributed by atoms with Gasteiger partial charge in [0.2, 0.25) is 0 Å². The summed E-state index contributed by atoms with van der Waals surface area (Å²) in [4.78, 5) is 14.4. The summed E-state index contributed by atoms with van der Waals surface area (Å²) in [6.07, 6.45) is 1.12. The van der Waals surface area contributed by atoms with Crippen LogP contribution in [0, 0.1) is 5.92 Å². The molecule has 0 saturated carbocycles. The molecule has 0 amide bonds. The van der Waals surface area contributed by atoms with Gasteiger partial charge in [0.05, 0.1) is 19.3 Å². The summed E-state index contributed by atoms with van der Waals surface area (Å²) in [6.45, 7) is 2.72. The van der Waals surface area contributed by atoms with Crippen LogP contribution in [0.25, 0.3) is 0 Å². The lowest BCUT2D eigenvalue weighted by Gasteiger charge is -2.34. The number of ether oxygens (including phenoxy) is 2. The van der Waals surface area contributed by atoms with Gasteiger partial charge in [-0.25, -0.2) is 4.79 Å². The van der Waals surface area contributed by atoms with E-state index in [2.05, 4.69) is 29.2 Å². The molecule has 2 heterocycles. The molecule has 124 valence electrons. The molecule has 4 rings (SSSR count). The van der Waals surface area contributed by atoms with Gasteiger partial charge in [0.15, 0.2) is 0 Å². The summed E-state index contributed by atoms with van der Waals surface area (Å²) >= 11 is 0. The van der Waals surface area contributed by atoms with E-state index in [9.17, 15) is 4.79 Å². The Hall–Kier alpha value is -2.33. The molecule has 0 radical (unpaired) electrons. The van der Waals surface area contributed by atoms with Crippen molar-refractivity contribution in [2.45, 2.75) is 19.0 Å². The SMILES string of the molecule is COC(=O)c1ccc2c(c1)[C@@H]1[C@@H](CCN1Cc1ccccc1)CO2. The molecule has 24 heavy (non-hydrogen) atoms.